The van der Waals surface area contributed by atoms with Crippen LogP contribution in [0.25, 0.3) is 10.9 Å². The van der Waals surface area contributed by atoms with Crippen LogP contribution >= 0.6 is 0 Å². The summed E-state index contributed by atoms with van der Waals surface area (Å²) in [5, 5.41) is 27.3. The molecule has 0 aliphatic rings. The maximum absolute atomic E-state index is 11.3. The van der Waals surface area contributed by atoms with Gasteiger partial charge in [-0.15, -0.1) is 5.10 Å². The Morgan fingerprint density at radius 3 is 2.86 bits per heavy atom. The van der Waals surface area contributed by atoms with Crippen molar-refractivity contribution in [2.75, 3.05) is 0 Å². The van der Waals surface area contributed by atoms with Gasteiger partial charge in [0.2, 0.25) is 0 Å². The van der Waals surface area contributed by atoms with Gasteiger partial charge in [0.1, 0.15) is 0 Å². The van der Waals surface area contributed by atoms with Gasteiger partial charge in [-0.2, -0.15) is 0 Å². The molecule has 70 valence electrons. The smallest absolute Gasteiger partial charge is 0.423 e. The average Bonchev–Trinajstić information content (AvgIpc) is 2.17. The number of nitrogens with one attached hydrogen (secondary N) is 1. The third-order valence-corrected chi connectivity index (χ3v) is 1.89. The minimum Gasteiger partial charge on any atom is -0.423 e. The standard InChI is InChI=1S/C7H6BN3O3/c12-7-6-4(8(13)14)2-1-3-5(6)9-11-10-7/h1-3,13-14H,(H,9,10,12). The Balaban J connectivity index is 2.91. The van der Waals surface area contributed by atoms with Crippen LogP contribution in [0.3, 0.4) is 0 Å². The summed E-state index contributed by atoms with van der Waals surface area (Å²) in [6.45, 7) is 0. The number of aromatic nitrogens is 3. The van der Waals surface area contributed by atoms with Crippen LogP contribution in [-0.2, 0) is 0 Å². The maximum atomic E-state index is 11.3. The predicted octanol–water partition coefficient (Wildman–Crippen LogP) is -2.00. The topological polar surface area (TPSA) is 99.1 Å². The van der Waals surface area contributed by atoms with Crippen molar-refractivity contribution >= 4 is 23.5 Å². The van der Waals surface area contributed by atoms with Gasteiger partial charge in [0.05, 0.1) is 10.9 Å². The van der Waals surface area contributed by atoms with Gasteiger partial charge in [-0.25, -0.2) is 5.10 Å². The van der Waals surface area contributed by atoms with Gasteiger partial charge in [-0.1, -0.05) is 17.3 Å². The number of rotatable bonds is 1. The molecule has 14 heavy (non-hydrogen) atoms. The first-order valence-corrected chi connectivity index (χ1v) is 3.90. The Kier molecular flexibility index (Phi) is 2.03. The van der Waals surface area contributed by atoms with E-state index < -0.39 is 12.7 Å². The van der Waals surface area contributed by atoms with Crippen LogP contribution in [-0.4, -0.2) is 32.6 Å². The molecule has 2 aromatic rings. The van der Waals surface area contributed by atoms with Gasteiger partial charge in [-0.3, -0.25) is 4.79 Å². The van der Waals surface area contributed by atoms with Crippen LogP contribution < -0.4 is 11.0 Å². The molecule has 3 N–H and O–H groups in total. The van der Waals surface area contributed by atoms with Gasteiger partial charge in [0, 0.05) is 0 Å². The molecule has 0 atom stereocenters. The second-order valence-corrected chi connectivity index (χ2v) is 2.76. The number of aromatic amines is 1. The fraction of sp³-hybridized carbons (Fsp3) is 0. The quantitative estimate of drug-likeness (QED) is 0.452. The molecule has 0 spiro atoms. The zero-order chi connectivity index (χ0) is 10.1. The third-order valence-electron chi connectivity index (χ3n) is 1.89. The Labute approximate surface area is 78.4 Å². The second kappa shape index (κ2) is 3.20. The van der Waals surface area contributed by atoms with E-state index in [-0.39, 0.29) is 10.8 Å². The fourth-order valence-electron chi connectivity index (χ4n) is 1.28. The van der Waals surface area contributed by atoms with Gasteiger partial charge >= 0.3 is 7.12 Å². The van der Waals surface area contributed by atoms with Gasteiger partial charge in [0.25, 0.3) is 5.56 Å². The molecule has 7 heteroatoms. The summed E-state index contributed by atoms with van der Waals surface area (Å²) in [7, 11) is -1.69. The first-order valence-electron chi connectivity index (χ1n) is 3.90. The van der Waals surface area contributed by atoms with E-state index in [2.05, 4.69) is 15.4 Å². The van der Waals surface area contributed by atoms with E-state index >= 15 is 0 Å². The second-order valence-electron chi connectivity index (χ2n) is 2.76. The Bertz CT molecular complexity index is 520. The van der Waals surface area contributed by atoms with Crippen molar-refractivity contribution in [3.63, 3.8) is 0 Å². The van der Waals surface area contributed by atoms with E-state index in [0.717, 1.165) is 0 Å². The van der Waals surface area contributed by atoms with Crippen LogP contribution in [0.5, 0.6) is 0 Å². The lowest BCUT2D eigenvalue weighted by molar-refractivity contribution is 0.426. The predicted molar refractivity (Wildman–Crippen MR) is 50.0 cm³/mol. The molecule has 6 nitrogen and oxygen atoms in total. The Morgan fingerprint density at radius 2 is 2.14 bits per heavy atom. The highest BCUT2D eigenvalue weighted by atomic mass is 16.4. The number of H-pyrrole nitrogens is 1. The lowest BCUT2D eigenvalue weighted by atomic mass is 9.78. The molecule has 1 heterocycles. The molecule has 0 saturated heterocycles. The van der Waals surface area contributed by atoms with Crippen LogP contribution in [0.1, 0.15) is 0 Å². The summed E-state index contributed by atoms with van der Waals surface area (Å²) in [6.07, 6.45) is 0. The lowest BCUT2D eigenvalue weighted by Gasteiger charge is -2.01. The normalized spacial score (nSPS) is 10.4. The van der Waals surface area contributed by atoms with Crippen LogP contribution in [0, 0.1) is 0 Å². The molecule has 1 aromatic carbocycles. The van der Waals surface area contributed by atoms with E-state index in [9.17, 15) is 4.79 Å². The molecule has 0 amide bonds. The van der Waals surface area contributed by atoms with Crippen molar-refractivity contribution in [1.29, 1.82) is 0 Å². The summed E-state index contributed by atoms with van der Waals surface area (Å²) in [5.74, 6) is 0. The molecule has 0 radical (unpaired) electrons. The summed E-state index contributed by atoms with van der Waals surface area (Å²) < 4.78 is 0. The first-order chi connectivity index (χ1) is 6.70. The average molecular weight is 191 g/mol. The molecule has 0 aliphatic heterocycles. The van der Waals surface area contributed by atoms with Crippen molar-refractivity contribution in [2.45, 2.75) is 0 Å². The number of nitrogens with zero attached hydrogens (tertiary/aromatic N) is 2. The van der Waals surface area contributed by atoms with Crippen molar-refractivity contribution in [2.24, 2.45) is 0 Å². The van der Waals surface area contributed by atoms with Crippen molar-refractivity contribution < 1.29 is 10.0 Å². The van der Waals surface area contributed by atoms with E-state index in [1.54, 1.807) is 12.1 Å². The molecule has 0 aliphatic carbocycles. The fourth-order valence-corrected chi connectivity index (χ4v) is 1.28. The molecule has 0 bridgehead atoms. The molecule has 1 aromatic heterocycles. The monoisotopic (exact) mass is 191 g/mol. The van der Waals surface area contributed by atoms with Crippen molar-refractivity contribution in [1.82, 2.24) is 15.4 Å². The Hall–Kier alpha value is -1.73. The summed E-state index contributed by atoms with van der Waals surface area (Å²) in [4.78, 5) is 11.3. The zero-order valence-electron chi connectivity index (χ0n) is 7.01. The van der Waals surface area contributed by atoms with Crippen LogP contribution in [0.4, 0.5) is 0 Å². The van der Waals surface area contributed by atoms with E-state index in [0.29, 0.717) is 5.52 Å². The minimum atomic E-state index is -1.69. The molecule has 0 unspecified atom stereocenters. The number of benzene rings is 1. The minimum absolute atomic E-state index is 0.124. The molecule has 2 rings (SSSR count). The number of hydrogen-bond donors (Lipinski definition) is 3. The summed E-state index contributed by atoms with van der Waals surface area (Å²) >= 11 is 0. The van der Waals surface area contributed by atoms with Gasteiger partial charge < -0.3 is 10.0 Å². The van der Waals surface area contributed by atoms with Crippen LogP contribution in [0.2, 0.25) is 0 Å². The highest BCUT2D eigenvalue weighted by Gasteiger charge is 2.16. The molecular weight excluding hydrogens is 185 g/mol. The van der Waals surface area contributed by atoms with Crippen LogP contribution in [0.15, 0.2) is 23.0 Å². The lowest BCUT2D eigenvalue weighted by Crippen LogP contribution is -2.34. The highest BCUT2D eigenvalue weighted by molar-refractivity contribution is 6.61. The highest BCUT2D eigenvalue weighted by Crippen LogP contribution is 2.01. The van der Waals surface area contributed by atoms with E-state index in [1.165, 1.54) is 6.07 Å². The molecule has 0 fully saturated rings. The summed E-state index contributed by atoms with van der Waals surface area (Å²) in [6, 6.07) is 4.60. The molecular formula is C7H6BN3O3. The van der Waals surface area contributed by atoms with E-state index in [4.69, 9.17) is 10.0 Å². The molecule has 0 saturated carbocycles. The summed E-state index contributed by atoms with van der Waals surface area (Å²) in [5.41, 5.74) is -0.0308. The van der Waals surface area contributed by atoms with E-state index in [1.807, 2.05) is 0 Å². The largest absolute Gasteiger partial charge is 0.489 e. The van der Waals surface area contributed by atoms with Crippen molar-refractivity contribution in [3.8, 4) is 0 Å². The Morgan fingerprint density at radius 1 is 1.36 bits per heavy atom. The number of fused-ring (bicyclic) bond motifs is 1. The zero-order valence-corrected chi connectivity index (χ0v) is 7.01. The third kappa shape index (κ3) is 1.28. The van der Waals surface area contributed by atoms with Gasteiger partial charge in [-0.05, 0) is 11.5 Å². The maximum Gasteiger partial charge on any atom is 0.489 e. The van der Waals surface area contributed by atoms with Crippen molar-refractivity contribution in [3.05, 3.63) is 28.6 Å². The SMILES string of the molecule is O=c1[nH]nnc2cccc(B(O)O)c12. The number of hydrogen-bond acceptors (Lipinski definition) is 5. The van der Waals surface area contributed by atoms with Gasteiger partial charge in [0.15, 0.2) is 0 Å². The first kappa shape index (κ1) is 8.85.